The Labute approximate surface area is 229 Å². The fourth-order valence-corrected chi connectivity index (χ4v) is 5.72. The molecule has 3 atom stereocenters. The molecule has 2 N–H and O–H groups in total. The summed E-state index contributed by atoms with van der Waals surface area (Å²) in [6.45, 7) is 6.98. The summed E-state index contributed by atoms with van der Waals surface area (Å²) in [5.41, 5.74) is 5.24. The summed E-state index contributed by atoms with van der Waals surface area (Å²) in [6, 6.07) is 20.0. The van der Waals surface area contributed by atoms with Crippen LogP contribution in [0, 0.1) is 5.92 Å². The van der Waals surface area contributed by atoms with E-state index in [4.69, 9.17) is 14.7 Å². The fourth-order valence-electron chi connectivity index (χ4n) is 5.72. The number of nitrogens with one attached hydrogen (secondary N) is 1. The van der Waals surface area contributed by atoms with E-state index >= 15 is 0 Å². The molecule has 7 heteroatoms. The monoisotopic (exact) mass is 528 g/mol. The van der Waals surface area contributed by atoms with Gasteiger partial charge in [0.25, 0.3) is 0 Å². The molecule has 0 saturated carbocycles. The Kier molecular flexibility index (Phi) is 7.73. The molecule has 39 heavy (non-hydrogen) atoms. The topological polar surface area (TPSA) is 88.1 Å². The zero-order valence-corrected chi connectivity index (χ0v) is 22.7. The van der Waals surface area contributed by atoms with E-state index in [0.717, 1.165) is 17.5 Å². The smallest absolute Gasteiger partial charge is 0.411 e. The summed E-state index contributed by atoms with van der Waals surface area (Å²) in [4.78, 5) is 27.2. The molecule has 204 valence electrons. The molecular weight excluding hydrogens is 492 g/mol. The standard InChI is InChI=1S/C32H36N2O5/c1-32(2,3)39-31(36)34-25(14-12-21-8-10-22(11-9-21)18-29(35)33-37)19-28-26-7-5-4-6-23(26)13-15-27(28)30(34)24-16-17-38-20-24/h4-15,24-25,30,37H,16-20H2,1-3H3,(H,33,35)/b14-12+. The molecule has 3 unspecified atom stereocenters. The largest absolute Gasteiger partial charge is 0.444 e. The molecule has 2 heterocycles. The van der Waals surface area contributed by atoms with Crippen molar-refractivity contribution in [2.75, 3.05) is 13.2 Å². The van der Waals surface area contributed by atoms with Crippen LogP contribution in [0.2, 0.25) is 0 Å². The van der Waals surface area contributed by atoms with Crippen LogP contribution in [0.25, 0.3) is 16.8 Å². The first-order valence-corrected chi connectivity index (χ1v) is 13.5. The van der Waals surface area contributed by atoms with E-state index in [-0.39, 0.29) is 30.5 Å². The molecule has 2 aliphatic heterocycles. The van der Waals surface area contributed by atoms with E-state index in [1.807, 2.05) is 56.0 Å². The van der Waals surface area contributed by atoms with Gasteiger partial charge in [-0.25, -0.2) is 10.3 Å². The van der Waals surface area contributed by atoms with Gasteiger partial charge in [-0.2, -0.15) is 0 Å². The van der Waals surface area contributed by atoms with E-state index in [1.54, 1.807) is 5.48 Å². The first-order chi connectivity index (χ1) is 18.7. The lowest BCUT2D eigenvalue weighted by Gasteiger charge is -2.45. The number of ether oxygens (including phenoxy) is 2. The maximum atomic E-state index is 13.8. The van der Waals surface area contributed by atoms with E-state index in [1.165, 1.54) is 21.9 Å². The lowest BCUT2D eigenvalue weighted by atomic mass is 9.79. The third-order valence-electron chi connectivity index (χ3n) is 7.46. The Hall–Kier alpha value is -3.68. The lowest BCUT2D eigenvalue weighted by molar-refractivity contribution is -0.128. The van der Waals surface area contributed by atoms with Gasteiger partial charge >= 0.3 is 6.09 Å². The Balaban J connectivity index is 1.55. The van der Waals surface area contributed by atoms with Crippen LogP contribution in [0.5, 0.6) is 0 Å². The second kappa shape index (κ2) is 11.2. The number of carbonyl (C=O) groups is 2. The van der Waals surface area contributed by atoms with Crippen molar-refractivity contribution in [3.8, 4) is 0 Å². The van der Waals surface area contributed by atoms with Crippen molar-refractivity contribution >= 4 is 28.8 Å². The van der Waals surface area contributed by atoms with Gasteiger partial charge in [-0.05, 0) is 66.6 Å². The van der Waals surface area contributed by atoms with Gasteiger partial charge in [0.2, 0.25) is 5.91 Å². The summed E-state index contributed by atoms with van der Waals surface area (Å²) < 4.78 is 11.8. The molecule has 1 saturated heterocycles. The van der Waals surface area contributed by atoms with E-state index in [9.17, 15) is 9.59 Å². The quantitative estimate of drug-likeness (QED) is 0.321. The van der Waals surface area contributed by atoms with Crippen LogP contribution < -0.4 is 5.48 Å². The Morgan fingerprint density at radius 3 is 2.56 bits per heavy atom. The van der Waals surface area contributed by atoms with Crippen LogP contribution in [0.1, 0.15) is 55.5 Å². The van der Waals surface area contributed by atoms with Gasteiger partial charge in [-0.1, -0.05) is 72.8 Å². The van der Waals surface area contributed by atoms with Gasteiger partial charge in [-0.15, -0.1) is 0 Å². The first kappa shape index (κ1) is 26.9. The van der Waals surface area contributed by atoms with Crippen molar-refractivity contribution in [1.29, 1.82) is 0 Å². The minimum atomic E-state index is -0.623. The molecule has 2 aliphatic rings. The third kappa shape index (κ3) is 6.00. The number of carbonyl (C=O) groups excluding carboxylic acids is 2. The number of hydroxylamine groups is 1. The van der Waals surface area contributed by atoms with Crippen LogP contribution in [-0.4, -0.2) is 47.0 Å². The number of fused-ring (bicyclic) bond motifs is 3. The van der Waals surface area contributed by atoms with Crippen molar-refractivity contribution in [3.05, 3.63) is 89.0 Å². The Bertz CT molecular complexity index is 1370. The molecule has 0 radical (unpaired) electrons. The minimum absolute atomic E-state index is 0.102. The molecular formula is C32H36N2O5. The van der Waals surface area contributed by atoms with Gasteiger partial charge in [0, 0.05) is 12.5 Å². The molecule has 0 aliphatic carbocycles. The normalized spacial score (nSPS) is 21.2. The highest BCUT2D eigenvalue weighted by Gasteiger charge is 2.44. The molecule has 2 amide bonds. The highest BCUT2D eigenvalue weighted by atomic mass is 16.6. The van der Waals surface area contributed by atoms with Crippen molar-refractivity contribution in [1.82, 2.24) is 10.4 Å². The summed E-state index contributed by atoms with van der Waals surface area (Å²) in [6.07, 6.45) is 5.45. The number of hydrogen-bond donors (Lipinski definition) is 2. The summed E-state index contributed by atoms with van der Waals surface area (Å²) >= 11 is 0. The zero-order chi connectivity index (χ0) is 27.6. The van der Waals surface area contributed by atoms with Gasteiger partial charge in [-0.3, -0.25) is 14.9 Å². The van der Waals surface area contributed by atoms with Gasteiger partial charge in [0.1, 0.15) is 5.60 Å². The van der Waals surface area contributed by atoms with Gasteiger partial charge in [0.05, 0.1) is 25.1 Å². The second-order valence-corrected chi connectivity index (χ2v) is 11.4. The second-order valence-electron chi connectivity index (χ2n) is 11.4. The summed E-state index contributed by atoms with van der Waals surface area (Å²) in [7, 11) is 0. The predicted octanol–water partition coefficient (Wildman–Crippen LogP) is 5.84. The van der Waals surface area contributed by atoms with E-state index in [2.05, 4.69) is 42.5 Å². The van der Waals surface area contributed by atoms with Crippen LogP contribution in [0.15, 0.2) is 66.7 Å². The SMILES string of the molecule is CC(C)(C)OC(=O)N1C(/C=C/c2ccc(CC(=O)NO)cc2)Cc2c(ccc3ccccc23)C1C1CCOC1. The highest BCUT2D eigenvalue weighted by Crippen LogP contribution is 2.44. The summed E-state index contributed by atoms with van der Waals surface area (Å²) in [5.74, 6) is -0.285. The molecule has 1 fully saturated rings. The van der Waals surface area contributed by atoms with Crippen LogP contribution in [-0.2, 0) is 27.1 Å². The molecule has 0 spiro atoms. The molecule has 0 aromatic heterocycles. The number of amides is 2. The number of nitrogens with zero attached hydrogens (tertiary/aromatic N) is 1. The van der Waals surface area contributed by atoms with Crippen molar-refractivity contribution in [2.45, 2.75) is 57.7 Å². The number of hydrogen-bond acceptors (Lipinski definition) is 5. The van der Waals surface area contributed by atoms with E-state index < -0.39 is 11.5 Å². The molecule has 7 nitrogen and oxygen atoms in total. The number of rotatable bonds is 5. The molecule has 0 bridgehead atoms. The van der Waals surface area contributed by atoms with Gasteiger partial charge < -0.3 is 9.47 Å². The van der Waals surface area contributed by atoms with Crippen LogP contribution in [0.4, 0.5) is 4.79 Å². The number of benzene rings is 3. The van der Waals surface area contributed by atoms with Crippen molar-refractivity contribution < 1.29 is 24.3 Å². The average molecular weight is 529 g/mol. The maximum absolute atomic E-state index is 13.8. The molecule has 3 aromatic carbocycles. The predicted molar refractivity (Wildman–Crippen MR) is 150 cm³/mol. The van der Waals surface area contributed by atoms with E-state index in [0.29, 0.717) is 19.6 Å². The van der Waals surface area contributed by atoms with Crippen LogP contribution >= 0.6 is 0 Å². The lowest BCUT2D eigenvalue weighted by Crippen LogP contribution is -2.50. The Morgan fingerprint density at radius 1 is 1.10 bits per heavy atom. The average Bonchev–Trinajstić information content (AvgIpc) is 3.45. The highest BCUT2D eigenvalue weighted by molar-refractivity contribution is 5.88. The van der Waals surface area contributed by atoms with Crippen molar-refractivity contribution in [3.63, 3.8) is 0 Å². The van der Waals surface area contributed by atoms with Crippen LogP contribution in [0.3, 0.4) is 0 Å². The minimum Gasteiger partial charge on any atom is -0.444 e. The zero-order valence-electron chi connectivity index (χ0n) is 22.7. The Morgan fingerprint density at radius 2 is 1.87 bits per heavy atom. The molecule has 5 rings (SSSR count). The molecule has 3 aromatic rings. The fraction of sp³-hybridized carbons (Fsp3) is 0.375. The van der Waals surface area contributed by atoms with Crippen molar-refractivity contribution in [2.24, 2.45) is 5.92 Å². The third-order valence-corrected chi connectivity index (χ3v) is 7.46. The first-order valence-electron chi connectivity index (χ1n) is 13.5. The van der Waals surface area contributed by atoms with Gasteiger partial charge in [0.15, 0.2) is 0 Å². The summed E-state index contributed by atoms with van der Waals surface area (Å²) in [5, 5.41) is 11.2. The maximum Gasteiger partial charge on any atom is 0.411 e.